The lowest BCUT2D eigenvalue weighted by molar-refractivity contribution is 0.404. The maximum atomic E-state index is 9.80. The van der Waals surface area contributed by atoms with Crippen molar-refractivity contribution < 1.29 is 10.2 Å². The molecule has 0 aliphatic carbocycles. The molecule has 2 heterocycles. The number of aromatic nitrogens is 2. The molecular formula is C20H14N4O2. The number of nitrogen functional groups attached to an aromatic ring is 1. The Morgan fingerprint density at radius 1 is 1.00 bits per heavy atom. The Kier molecular flexibility index (Phi) is 3.48. The van der Waals surface area contributed by atoms with Crippen LogP contribution in [0.5, 0.6) is 11.5 Å². The Bertz CT molecular complexity index is 1190. The number of nitrogens with two attached hydrogens (primary N) is 1. The predicted molar refractivity (Wildman–Crippen MR) is 99.4 cm³/mol. The highest BCUT2D eigenvalue weighted by atomic mass is 16.3. The van der Waals surface area contributed by atoms with E-state index >= 15 is 0 Å². The van der Waals surface area contributed by atoms with E-state index in [9.17, 15) is 15.5 Å². The monoisotopic (exact) mass is 342 g/mol. The predicted octanol–water partition coefficient (Wildman–Crippen LogP) is 3.76. The molecule has 4 rings (SSSR count). The van der Waals surface area contributed by atoms with Gasteiger partial charge in [0.2, 0.25) is 0 Å². The number of nitrogens with zero attached hydrogens (tertiary/aromatic N) is 2. The minimum absolute atomic E-state index is 0.109. The number of aromatic hydroxyl groups is 2. The summed E-state index contributed by atoms with van der Waals surface area (Å²) < 4.78 is 0. The Morgan fingerprint density at radius 2 is 1.81 bits per heavy atom. The fourth-order valence-corrected chi connectivity index (χ4v) is 3.02. The summed E-state index contributed by atoms with van der Waals surface area (Å²) in [5.41, 5.74) is 9.80. The summed E-state index contributed by atoms with van der Waals surface area (Å²) in [6.07, 6.45) is 1.84. The first-order valence-corrected chi connectivity index (χ1v) is 7.88. The van der Waals surface area contributed by atoms with Crippen LogP contribution in [0.25, 0.3) is 33.3 Å². The standard InChI is InChI=1S/C20H14N4O2/c21-9-14-13(11-5-6-18(25)19(26)7-11)8-17(24-20(14)22)15-10-23-16-4-2-1-3-12(15)16/h1-8,10,23,25-26H,(H2,22,24). The molecule has 2 aromatic heterocycles. The van der Waals surface area contributed by atoms with E-state index in [1.165, 1.54) is 12.1 Å². The summed E-state index contributed by atoms with van der Waals surface area (Å²) in [6, 6.07) is 16.0. The molecule has 0 bridgehead atoms. The second-order valence-corrected chi connectivity index (χ2v) is 5.88. The molecular weight excluding hydrogens is 328 g/mol. The number of phenolic OH excluding ortho intramolecular Hbond substituents is 2. The van der Waals surface area contributed by atoms with E-state index in [0.29, 0.717) is 16.8 Å². The number of nitrogens with one attached hydrogen (secondary N) is 1. The third kappa shape index (κ3) is 2.39. The van der Waals surface area contributed by atoms with Gasteiger partial charge in [-0.2, -0.15) is 5.26 Å². The first kappa shape index (κ1) is 15.5. The highest BCUT2D eigenvalue weighted by molar-refractivity contribution is 5.96. The molecule has 6 nitrogen and oxygen atoms in total. The van der Waals surface area contributed by atoms with Crippen molar-refractivity contribution in [3.8, 4) is 40.0 Å². The lowest BCUT2D eigenvalue weighted by Gasteiger charge is -2.10. The van der Waals surface area contributed by atoms with Crippen LogP contribution in [0, 0.1) is 11.3 Å². The van der Waals surface area contributed by atoms with Gasteiger partial charge in [0.05, 0.1) is 5.69 Å². The van der Waals surface area contributed by atoms with Crippen LogP contribution in [0.15, 0.2) is 54.7 Å². The largest absolute Gasteiger partial charge is 0.504 e. The lowest BCUT2D eigenvalue weighted by atomic mass is 9.98. The summed E-state index contributed by atoms with van der Waals surface area (Å²) >= 11 is 0. The summed E-state index contributed by atoms with van der Waals surface area (Å²) in [6.45, 7) is 0. The Hall–Kier alpha value is -3.98. The number of fused-ring (bicyclic) bond motifs is 1. The fourth-order valence-electron chi connectivity index (χ4n) is 3.02. The zero-order chi connectivity index (χ0) is 18.3. The average Bonchev–Trinajstić information content (AvgIpc) is 3.07. The number of para-hydroxylation sites is 1. The van der Waals surface area contributed by atoms with Crippen molar-refractivity contribution in [1.82, 2.24) is 9.97 Å². The molecule has 2 aromatic carbocycles. The van der Waals surface area contributed by atoms with Gasteiger partial charge >= 0.3 is 0 Å². The number of nitriles is 1. The molecule has 4 aromatic rings. The normalized spacial score (nSPS) is 10.7. The van der Waals surface area contributed by atoms with Gasteiger partial charge in [-0.05, 0) is 29.8 Å². The maximum absolute atomic E-state index is 9.80. The number of H-pyrrole nitrogens is 1. The van der Waals surface area contributed by atoms with Crippen molar-refractivity contribution >= 4 is 16.7 Å². The van der Waals surface area contributed by atoms with Crippen molar-refractivity contribution in [2.24, 2.45) is 0 Å². The molecule has 26 heavy (non-hydrogen) atoms. The molecule has 0 aliphatic heterocycles. The molecule has 0 aliphatic rings. The zero-order valence-electron chi connectivity index (χ0n) is 13.6. The highest BCUT2D eigenvalue weighted by Crippen LogP contribution is 2.36. The van der Waals surface area contributed by atoms with Crippen molar-refractivity contribution in [2.45, 2.75) is 0 Å². The van der Waals surface area contributed by atoms with Crippen LogP contribution in [-0.2, 0) is 0 Å². The third-order valence-corrected chi connectivity index (χ3v) is 4.31. The number of rotatable bonds is 2. The molecule has 6 heteroatoms. The van der Waals surface area contributed by atoms with Crippen molar-refractivity contribution in [3.63, 3.8) is 0 Å². The van der Waals surface area contributed by atoms with Crippen LogP contribution in [-0.4, -0.2) is 20.2 Å². The van der Waals surface area contributed by atoms with Gasteiger partial charge in [-0.1, -0.05) is 24.3 Å². The maximum Gasteiger partial charge on any atom is 0.158 e. The molecule has 0 amide bonds. The Labute approximate surface area is 148 Å². The molecule has 0 spiro atoms. The molecule has 0 radical (unpaired) electrons. The number of anilines is 1. The molecule has 0 saturated heterocycles. The van der Waals surface area contributed by atoms with Crippen LogP contribution in [0.1, 0.15) is 5.56 Å². The van der Waals surface area contributed by atoms with Gasteiger partial charge in [-0.3, -0.25) is 0 Å². The average molecular weight is 342 g/mol. The smallest absolute Gasteiger partial charge is 0.158 e. The molecule has 126 valence electrons. The van der Waals surface area contributed by atoms with Crippen molar-refractivity contribution in [1.29, 1.82) is 5.26 Å². The quantitative estimate of drug-likeness (QED) is 0.414. The van der Waals surface area contributed by atoms with Gasteiger partial charge < -0.3 is 20.9 Å². The summed E-state index contributed by atoms with van der Waals surface area (Å²) in [5.74, 6) is -0.389. The minimum atomic E-state index is -0.268. The molecule has 0 saturated carbocycles. The summed E-state index contributed by atoms with van der Waals surface area (Å²) in [4.78, 5) is 7.58. The number of pyridine rings is 1. The third-order valence-electron chi connectivity index (χ3n) is 4.31. The lowest BCUT2D eigenvalue weighted by Crippen LogP contribution is -1.99. The second-order valence-electron chi connectivity index (χ2n) is 5.88. The Morgan fingerprint density at radius 3 is 2.58 bits per heavy atom. The van der Waals surface area contributed by atoms with E-state index in [1.807, 2.05) is 30.5 Å². The van der Waals surface area contributed by atoms with E-state index in [1.54, 1.807) is 12.1 Å². The number of phenols is 2. The van der Waals surface area contributed by atoms with Crippen LogP contribution in [0.4, 0.5) is 5.82 Å². The van der Waals surface area contributed by atoms with Gasteiger partial charge in [0.25, 0.3) is 0 Å². The van der Waals surface area contributed by atoms with E-state index in [0.717, 1.165) is 16.5 Å². The van der Waals surface area contributed by atoms with E-state index in [4.69, 9.17) is 5.73 Å². The Balaban J connectivity index is 1.97. The number of benzene rings is 2. The van der Waals surface area contributed by atoms with Crippen molar-refractivity contribution in [2.75, 3.05) is 5.73 Å². The summed E-state index contributed by atoms with van der Waals surface area (Å²) in [7, 11) is 0. The van der Waals surface area contributed by atoms with E-state index in [-0.39, 0.29) is 22.9 Å². The molecule has 0 fully saturated rings. The number of aromatic amines is 1. The molecule has 0 unspecified atom stereocenters. The first-order valence-electron chi connectivity index (χ1n) is 7.88. The van der Waals surface area contributed by atoms with Crippen LogP contribution in [0.2, 0.25) is 0 Å². The topological polar surface area (TPSA) is 119 Å². The number of hydrogen-bond donors (Lipinski definition) is 4. The van der Waals surface area contributed by atoms with Crippen LogP contribution >= 0.6 is 0 Å². The second kappa shape index (κ2) is 5.83. The van der Waals surface area contributed by atoms with Gasteiger partial charge in [0.1, 0.15) is 17.5 Å². The molecule has 0 atom stereocenters. The number of hydrogen-bond acceptors (Lipinski definition) is 5. The SMILES string of the molecule is N#Cc1c(-c2ccc(O)c(O)c2)cc(-c2c[nH]c3ccccc23)nc1N. The van der Waals surface area contributed by atoms with Gasteiger partial charge in [-0.25, -0.2) is 4.98 Å². The highest BCUT2D eigenvalue weighted by Gasteiger charge is 2.16. The van der Waals surface area contributed by atoms with E-state index in [2.05, 4.69) is 16.0 Å². The van der Waals surface area contributed by atoms with Crippen LogP contribution < -0.4 is 5.73 Å². The molecule has 5 N–H and O–H groups in total. The van der Waals surface area contributed by atoms with E-state index < -0.39 is 0 Å². The van der Waals surface area contributed by atoms with Crippen molar-refractivity contribution in [3.05, 3.63) is 60.3 Å². The first-order chi connectivity index (χ1) is 12.6. The van der Waals surface area contributed by atoms with Gasteiger partial charge in [0.15, 0.2) is 11.5 Å². The zero-order valence-corrected chi connectivity index (χ0v) is 13.6. The van der Waals surface area contributed by atoms with Crippen LogP contribution in [0.3, 0.4) is 0 Å². The van der Waals surface area contributed by atoms with Gasteiger partial charge in [0, 0.05) is 28.2 Å². The van der Waals surface area contributed by atoms with Gasteiger partial charge in [-0.15, -0.1) is 0 Å². The fraction of sp³-hybridized carbons (Fsp3) is 0. The summed E-state index contributed by atoms with van der Waals surface area (Å²) in [5, 5.41) is 29.8. The minimum Gasteiger partial charge on any atom is -0.504 e.